The molecule has 0 nitrogen and oxygen atoms in total. The molecule has 0 radical (unpaired) electrons. The second kappa shape index (κ2) is 16.3. The van der Waals surface area contributed by atoms with E-state index in [4.69, 9.17) is 0 Å². The minimum absolute atomic E-state index is 0. The van der Waals surface area contributed by atoms with Crippen LogP contribution in [-0.2, 0) is 29.8 Å². The van der Waals surface area contributed by atoms with E-state index in [2.05, 4.69) is 90.1 Å². The maximum absolute atomic E-state index is 3.45. The van der Waals surface area contributed by atoms with E-state index in [1.807, 2.05) is 35.5 Å². The molecule has 0 N–H and O–H groups in total. The van der Waals surface area contributed by atoms with E-state index in [0.29, 0.717) is 0 Å². The van der Waals surface area contributed by atoms with Gasteiger partial charge in [-0.2, -0.15) is 29.8 Å². The van der Waals surface area contributed by atoms with Crippen molar-refractivity contribution in [3.63, 3.8) is 0 Å². The molecule has 0 heterocycles. The van der Waals surface area contributed by atoms with Crippen LogP contribution in [0, 0.1) is 37.8 Å². The minimum Gasteiger partial charge on any atom is -1.00 e. The van der Waals surface area contributed by atoms with Crippen molar-refractivity contribution >= 4 is 5.43 Å². The Balaban J connectivity index is 0.000000494. The Morgan fingerprint density at radius 3 is 2.06 bits per heavy atom. The molecule has 172 valence electrons. The zero-order valence-corrected chi connectivity index (χ0v) is 25.3. The fourth-order valence-corrected chi connectivity index (χ4v) is 11.9. The maximum atomic E-state index is 3.45. The molecule has 2 aromatic rings. The normalized spacial score (nSPS) is 12.1. The van der Waals surface area contributed by atoms with Crippen molar-refractivity contribution in [3.8, 4) is 11.1 Å². The molecule has 4 heteroatoms. The van der Waals surface area contributed by atoms with Gasteiger partial charge in [-0.05, 0) is 18.9 Å². The van der Waals surface area contributed by atoms with Gasteiger partial charge in [0.05, 0.1) is 0 Å². The standard InChI is InChI=1S/C15H13.C8H18Si.C5H5.2ClH.Zr/c1-10-3-5-14-12(7-10)9-13-8-11(2)4-6-15(13)14;1-7(2)5-9-6-8(3)4;1-2-4-5-3-1;;;/h3-7H,9H2,1-2H3;7-8H,5-6H2,1-4H3;1-3H,4H2;2*1H;/q-1;;-1;;;+2/p-2. The van der Waals surface area contributed by atoms with Gasteiger partial charge in [0.1, 0.15) is 0 Å². The van der Waals surface area contributed by atoms with Gasteiger partial charge in [0, 0.05) is 0 Å². The van der Waals surface area contributed by atoms with Crippen LogP contribution in [-0.4, -0.2) is 5.43 Å². The summed E-state index contributed by atoms with van der Waals surface area (Å²) in [5, 5.41) is 0. The van der Waals surface area contributed by atoms with E-state index >= 15 is 0 Å². The first-order chi connectivity index (χ1) is 14.3. The fraction of sp³-hybridized carbons (Fsp3) is 0.429. The van der Waals surface area contributed by atoms with Gasteiger partial charge in [-0.1, -0.05) is 36.2 Å². The molecule has 32 heavy (non-hydrogen) atoms. The third-order valence-corrected chi connectivity index (χ3v) is 10.6. The van der Waals surface area contributed by atoms with Crippen LogP contribution in [0.5, 0.6) is 0 Å². The summed E-state index contributed by atoms with van der Waals surface area (Å²) in [6.45, 7) is 13.6. The SMILES string of the molecule is CC(C)C[Si](=[Zr+2])CC(C)C.Cc1[c-]c2c(cc1)-c1ccc(C)cc1C2.[C-]1=CC=CC1.[Cl-].[Cl-]. The first-order valence-corrected chi connectivity index (χ1v) is 16.8. The van der Waals surface area contributed by atoms with Gasteiger partial charge in [0.25, 0.3) is 0 Å². The zero-order valence-electron chi connectivity index (χ0n) is 20.4. The summed E-state index contributed by atoms with van der Waals surface area (Å²) in [7, 11) is 0. The van der Waals surface area contributed by atoms with Gasteiger partial charge in [-0.15, -0.1) is 17.5 Å². The topological polar surface area (TPSA) is 0 Å². The first-order valence-electron chi connectivity index (χ1n) is 11.2. The molecule has 0 bridgehead atoms. The van der Waals surface area contributed by atoms with Gasteiger partial charge < -0.3 is 24.8 Å². The molecule has 0 saturated heterocycles. The molecule has 2 aliphatic rings. The van der Waals surface area contributed by atoms with Crippen molar-refractivity contribution in [2.75, 3.05) is 0 Å². The minimum atomic E-state index is 0. The molecule has 2 aliphatic carbocycles. The number of hydrogen-bond acceptors (Lipinski definition) is 0. The second-order valence-corrected chi connectivity index (χ2v) is 16.4. The molecule has 0 fully saturated rings. The predicted molar refractivity (Wildman–Crippen MR) is 130 cm³/mol. The molecular weight excluding hydrogens is 527 g/mol. The van der Waals surface area contributed by atoms with E-state index in [9.17, 15) is 0 Å². The summed E-state index contributed by atoms with van der Waals surface area (Å²) >= 11 is 1.83. The van der Waals surface area contributed by atoms with E-state index in [-0.39, 0.29) is 30.2 Å². The van der Waals surface area contributed by atoms with Crippen LogP contribution in [0.25, 0.3) is 11.1 Å². The van der Waals surface area contributed by atoms with Crippen molar-refractivity contribution in [1.29, 1.82) is 0 Å². The number of rotatable bonds is 4. The summed E-state index contributed by atoms with van der Waals surface area (Å²) in [4.78, 5) is 0. The van der Waals surface area contributed by atoms with Crippen molar-refractivity contribution in [2.45, 2.75) is 66.5 Å². The molecule has 0 atom stereocenters. The summed E-state index contributed by atoms with van der Waals surface area (Å²) in [6.07, 6.45) is 11.0. The molecule has 0 saturated carbocycles. The van der Waals surface area contributed by atoms with E-state index in [1.54, 1.807) is 0 Å². The number of halogens is 2. The Labute approximate surface area is 224 Å². The Morgan fingerprint density at radius 2 is 1.56 bits per heavy atom. The number of allylic oxidation sites excluding steroid dienone is 4. The number of hydrogen-bond donors (Lipinski definition) is 0. The molecule has 0 amide bonds. The summed E-state index contributed by atoms with van der Waals surface area (Å²) in [5.41, 5.74) is 8.26. The molecule has 4 rings (SSSR count). The van der Waals surface area contributed by atoms with Gasteiger partial charge in [-0.25, -0.2) is 12.2 Å². The zero-order chi connectivity index (χ0) is 22.1. The monoisotopic (exact) mass is 560 g/mol. The second-order valence-electron chi connectivity index (χ2n) is 9.17. The Bertz CT molecular complexity index is 842. The van der Waals surface area contributed by atoms with E-state index in [1.165, 1.54) is 45.5 Å². The number of fused-ring (bicyclic) bond motifs is 3. The van der Waals surface area contributed by atoms with Crippen LogP contribution in [0.2, 0.25) is 12.1 Å². The molecule has 0 aromatic heterocycles. The number of aryl methyl sites for hydroxylation is 2. The summed E-state index contributed by atoms with van der Waals surface area (Å²) < 4.78 is 0. The van der Waals surface area contributed by atoms with E-state index in [0.717, 1.165) is 24.7 Å². The average Bonchev–Trinajstić information content (AvgIpc) is 3.31. The first kappa shape index (κ1) is 31.6. The van der Waals surface area contributed by atoms with Gasteiger partial charge >= 0.3 is 80.4 Å². The third-order valence-electron chi connectivity index (χ3n) is 4.99. The molecule has 0 spiro atoms. The molecule has 0 aliphatic heterocycles. The van der Waals surface area contributed by atoms with Gasteiger partial charge in [0.2, 0.25) is 0 Å². The smallest absolute Gasteiger partial charge is 0.0253 e. The fourth-order valence-electron chi connectivity index (χ4n) is 3.78. The quantitative estimate of drug-likeness (QED) is 0.336. The largest absolute Gasteiger partial charge is 1.00 e. The maximum Gasteiger partial charge on any atom is -0.0253 e. The Morgan fingerprint density at radius 1 is 0.938 bits per heavy atom. The molecule has 0 unspecified atom stereocenters. The van der Waals surface area contributed by atoms with Crippen LogP contribution < -0.4 is 24.8 Å². The van der Waals surface area contributed by atoms with Gasteiger partial charge in [-0.3, -0.25) is 6.08 Å². The Kier molecular flexibility index (Phi) is 16.1. The van der Waals surface area contributed by atoms with Crippen molar-refractivity contribution < 1.29 is 48.1 Å². The Hall–Kier alpha value is -0.400. The molecular formula is C28H36Cl2SiZr-2. The average molecular weight is 563 g/mol. The summed E-state index contributed by atoms with van der Waals surface area (Å²) in [5.74, 6) is 1.87. The third kappa shape index (κ3) is 11.1. The van der Waals surface area contributed by atoms with Crippen molar-refractivity contribution in [1.82, 2.24) is 0 Å². The van der Waals surface area contributed by atoms with Crippen LogP contribution in [0.4, 0.5) is 0 Å². The van der Waals surface area contributed by atoms with Crippen LogP contribution in [0.1, 0.15) is 56.4 Å². The number of benzene rings is 2. The summed E-state index contributed by atoms with van der Waals surface area (Å²) in [6, 6.07) is 17.6. The molecule has 2 aromatic carbocycles. The van der Waals surface area contributed by atoms with Crippen LogP contribution in [0.3, 0.4) is 0 Å². The van der Waals surface area contributed by atoms with Crippen LogP contribution >= 0.6 is 0 Å². The van der Waals surface area contributed by atoms with Crippen LogP contribution in [0.15, 0.2) is 48.6 Å². The van der Waals surface area contributed by atoms with Crippen molar-refractivity contribution in [3.05, 3.63) is 83.0 Å². The predicted octanol–water partition coefficient (Wildman–Crippen LogP) is 1.83. The van der Waals surface area contributed by atoms with E-state index < -0.39 is 0 Å². The van der Waals surface area contributed by atoms with Crippen molar-refractivity contribution in [2.24, 2.45) is 11.8 Å². The van der Waals surface area contributed by atoms with Gasteiger partial charge in [0.15, 0.2) is 0 Å².